The molecule has 0 radical (unpaired) electrons. The molecule has 2 aromatic heterocycles. The molecule has 12 aromatic rings. The molecule has 0 fully saturated rings. The smallest absolute Gasteiger partial charge is 0.309 e. The highest BCUT2D eigenvalue weighted by molar-refractivity contribution is 14.1. The maximum absolute atomic E-state index is 17.2. The quantitative estimate of drug-likeness (QED) is 0.0651. The summed E-state index contributed by atoms with van der Waals surface area (Å²) in [6, 6.07) is 53.1. The van der Waals surface area contributed by atoms with Crippen LogP contribution in [0, 0.1) is 70.8 Å². The van der Waals surface area contributed by atoms with Gasteiger partial charge in [0.1, 0.15) is 17.2 Å². The van der Waals surface area contributed by atoms with Crippen molar-refractivity contribution in [2.45, 2.75) is 54.6 Å². The van der Waals surface area contributed by atoms with Gasteiger partial charge in [-0.25, -0.2) is 8.78 Å². The second kappa shape index (κ2) is 19.8. The number of aryl methyl sites for hydroxylation is 7. The van der Waals surface area contributed by atoms with E-state index in [1.54, 1.807) is 9.13 Å². The van der Waals surface area contributed by atoms with Crippen molar-refractivity contribution in [2.75, 3.05) is 0 Å². The zero-order chi connectivity index (χ0) is 54.8. The number of alkyl halides is 3. The van der Waals surface area contributed by atoms with Gasteiger partial charge in [0.05, 0.1) is 46.1 Å². The van der Waals surface area contributed by atoms with Gasteiger partial charge in [-0.1, -0.05) is 120 Å². The van der Waals surface area contributed by atoms with E-state index < -0.39 is 28.9 Å². The summed E-state index contributed by atoms with van der Waals surface area (Å²) >= 11 is 5.66. The summed E-state index contributed by atoms with van der Waals surface area (Å²) in [5.41, 5.74) is 15.3. The molecule has 0 aliphatic carbocycles. The SMILES string of the molecule is Cc1ccc(-c2ccc3c(c2)c2cc(-c4ccccc4C)ccc2n3-c2cc(-c3c(F)c(I)c(I)c(I)c3F)cc(-n3c4ccc(-c5ccc(C)cc5C)cc4c4cc(-c5ccc(C)cc5C)ccc43)c2C(F)(F)F)c(C)c1. The Bertz CT molecular complexity index is 4380. The third kappa shape index (κ3) is 8.75. The van der Waals surface area contributed by atoms with Crippen LogP contribution in [0.5, 0.6) is 0 Å². The lowest BCUT2D eigenvalue weighted by molar-refractivity contribution is -0.137. The first-order valence-corrected chi connectivity index (χ1v) is 28.7. The number of nitrogens with zero attached hydrogens (tertiary/aromatic N) is 2. The standard InChI is InChI=1S/C68H48F5I3N2/c1-35-12-19-48(39(5)26-35)43-16-23-56-52(30-43)51-29-42(47-11-9-8-10-38(47)4)15-22-55(51)77(56)59-33-46(61-63(69)65(74)67(76)66(75)64(61)70)34-60(62(59)68(71,72)73)78-57-24-17-44(49-20-13-36(2)27-40(49)6)31-53(57)54-32-45(18-25-58(54)78)50-21-14-37(3)28-41(50)7/h8-34H,1-7H3. The van der Waals surface area contributed by atoms with Gasteiger partial charge in [0.25, 0.3) is 0 Å². The van der Waals surface area contributed by atoms with Crippen molar-refractivity contribution in [1.29, 1.82) is 0 Å². The summed E-state index contributed by atoms with van der Waals surface area (Å²) in [4.78, 5) is 0. The lowest BCUT2D eigenvalue weighted by Gasteiger charge is -2.24. The summed E-state index contributed by atoms with van der Waals surface area (Å²) in [5.74, 6) is -1.70. The topological polar surface area (TPSA) is 9.86 Å². The van der Waals surface area contributed by atoms with Crippen molar-refractivity contribution in [2.24, 2.45) is 0 Å². The van der Waals surface area contributed by atoms with E-state index in [0.717, 1.165) is 105 Å². The van der Waals surface area contributed by atoms with E-state index in [1.165, 1.54) is 12.1 Å². The van der Waals surface area contributed by atoms with Crippen molar-refractivity contribution in [3.05, 3.63) is 231 Å². The number of benzene rings is 10. The first kappa shape index (κ1) is 52.3. The van der Waals surface area contributed by atoms with Crippen molar-refractivity contribution >= 4 is 111 Å². The van der Waals surface area contributed by atoms with Crippen molar-refractivity contribution in [3.63, 3.8) is 0 Å². The van der Waals surface area contributed by atoms with Gasteiger partial charge >= 0.3 is 6.18 Å². The third-order valence-electron chi connectivity index (χ3n) is 15.4. The van der Waals surface area contributed by atoms with Gasteiger partial charge in [-0.15, -0.1) is 0 Å². The van der Waals surface area contributed by atoms with Gasteiger partial charge in [-0.2, -0.15) is 13.2 Å². The van der Waals surface area contributed by atoms with Crippen molar-refractivity contribution in [3.8, 4) is 67.0 Å². The van der Waals surface area contributed by atoms with Gasteiger partial charge in [0, 0.05) is 25.1 Å². The molecule has 10 heteroatoms. The Hall–Kier alpha value is -6.36. The second-order valence-corrected chi connectivity index (χ2v) is 23.9. The van der Waals surface area contributed by atoms with E-state index in [-0.39, 0.29) is 24.1 Å². The minimum Gasteiger partial charge on any atom is -0.309 e. The Labute approximate surface area is 490 Å². The molecule has 12 rings (SSSR count). The predicted octanol–water partition coefficient (Wildman–Crippen LogP) is 21.5. The van der Waals surface area contributed by atoms with Crippen LogP contribution in [0.25, 0.3) is 111 Å². The van der Waals surface area contributed by atoms with Crippen molar-refractivity contribution in [1.82, 2.24) is 9.13 Å². The van der Waals surface area contributed by atoms with Gasteiger partial charge in [-0.3, -0.25) is 0 Å². The molecule has 78 heavy (non-hydrogen) atoms. The van der Waals surface area contributed by atoms with Gasteiger partial charge < -0.3 is 9.13 Å². The zero-order valence-corrected chi connectivity index (χ0v) is 50.0. The first-order chi connectivity index (χ1) is 37.3. The Kier molecular flexibility index (Phi) is 13.3. The molecular formula is C68H48F5I3N2. The number of fused-ring (bicyclic) bond motifs is 6. The average molecular weight is 1370 g/mol. The molecule has 0 unspecified atom stereocenters. The van der Waals surface area contributed by atoms with Crippen LogP contribution in [0.3, 0.4) is 0 Å². The molecule has 0 bridgehead atoms. The second-order valence-electron chi connectivity index (χ2n) is 20.7. The highest BCUT2D eigenvalue weighted by atomic mass is 127. The molecule has 2 nitrogen and oxygen atoms in total. The van der Waals surface area contributed by atoms with Gasteiger partial charge in [-0.05, 0) is 249 Å². The maximum Gasteiger partial charge on any atom is 0.420 e. The molecule has 0 saturated heterocycles. The summed E-state index contributed by atoms with van der Waals surface area (Å²) in [5, 5.41) is 2.90. The molecule has 0 N–H and O–H groups in total. The molecule has 10 aromatic carbocycles. The predicted molar refractivity (Wildman–Crippen MR) is 339 cm³/mol. The number of aromatic nitrogens is 2. The minimum absolute atomic E-state index is 0.0394. The van der Waals surface area contributed by atoms with E-state index >= 15 is 22.0 Å². The largest absolute Gasteiger partial charge is 0.420 e. The monoisotopic (exact) mass is 1370 g/mol. The van der Waals surface area contributed by atoms with Crippen LogP contribution >= 0.6 is 67.8 Å². The number of rotatable bonds is 7. The van der Waals surface area contributed by atoms with Crippen molar-refractivity contribution < 1.29 is 22.0 Å². The van der Waals surface area contributed by atoms with E-state index in [1.807, 2.05) is 168 Å². The molecule has 386 valence electrons. The number of hydrogen-bond acceptors (Lipinski definition) is 0. The lowest BCUT2D eigenvalue weighted by Crippen LogP contribution is -2.16. The first-order valence-electron chi connectivity index (χ1n) is 25.5. The maximum atomic E-state index is 17.2. The Morgan fingerprint density at radius 3 is 1.00 bits per heavy atom. The zero-order valence-electron chi connectivity index (χ0n) is 43.5. The van der Waals surface area contributed by atoms with E-state index in [2.05, 4.69) is 99.6 Å². The molecule has 0 atom stereocenters. The van der Waals surface area contributed by atoms with Gasteiger partial charge in [0.15, 0.2) is 0 Å². The van der Waals surface area contributed by atoms with Crippen LogP contribution in [0.4, 0.5) is 22.0 Å². The fraction of sp³-hybridized carbons (Fsp3) is 0.118. The Morgan fingerprint density at radius 2 is 0.679 bits per heavy atom. The normalized spacial score (nSPS) is 12.0. The summed E-state index contributed by atoms with van der Waals surface area (Å²) in [6.07, 6.45) is -5.01. The molecule has 0 aliphatic heterocycles. The fourth-order valence-corrected chi connectivity index (χ4v) is 13.9. The molecule has 2 heterocycles. The lowest BCUT2D eigenvalue weighted by atomic mass is 9.95. The number of halogens is 8. The fourth-order valence-electron chi connectivity index (χ4n) is 11.8. The van der Waals surface area contributed by atoms with E-state index in [0.29, 0.717) is 25.6 Å². The van der Waals surface area contributed by atoms with Gasteiger partial charge in [0.2, 0.25) is 0 Å². The van der Waals surface area contributed by atoms with Crippen LogP contribution in [0.1, 0.15) is 44.5 Å². The van der Waals surface area contributed by atoms with Crippen LogP contribution < -0.4 is 0 Å². The minimum atomic E-state index is -5.01. The molecular weight excluding hydrogens is 1320 g/mol. The Morgan fingerprint density at radius 1 is 0.346 bits per heavy atom. The van der Waals surface area contributed by atoms with E-state index in [9.17, 15) is 0 Å². The van der Waals surface area contributed by atoms with E-state index in [4.69, 9.17) is 0 Å². The molecule has 0 aliphatic rings. The number of hydrogen-bond donors (Lipinski definition) is 0. The summed E-state index contributed by atoms with van der Waals surface area (Å²) in [6.45, 7) is 14.4. The van der Waals surface area contributed by atoms with Crippen LogP contribution in [0.2, 0.25) is 0 Å². The molecule has 0 amide bonds. The third-order valence-corrected chi connectivity index (χ3v) is 20.6. The summed E-state index contributed by atoms with van der Waals surface area (Å²) in [7, 11) is 0. The highest BCUT2D eigenvalue weighted by Crippen LogP contribution is 2.49. The summed E-state index contributed by atoms with van der Waals surface area (Å²) < 4.78 is 90.1. The van der Waals surface area contributed by atoms with Crippen LogP contribution in [-0.2, 0) is 6.18 Å². The highest BCUT2D eigenvalue weighted by Gasteiger charge is 2.40. The van der Waals surface area contributed by atoms with Crippen LogP contribution in [-0.4, -0.2) is 9.13 Å². The molecule has 0 spiro atoms. The average Bonchev–Trinajstić information content (AvgIpc) is 3.91. The molecule has 0 saturated carbocycles. The Balaban J connectivity index is 1.24. The van der Waals surface area contributed by atoms with Crippen LogP contribution in [0.15, 0.2) is 164 Å².